The summed E-state index contributed by atoms with van der Waals surface area (Å²) in [4.78, 5) is 16.6. The number of fused-ring (bicyclic) bond motifs is 1. The number of aromatic nitrogens is 1. The Hall–Kier alpha value is -2.53. The number of nitrogens with one attached hydrogen (secondary N) is 1. The van der Waals surface area contributed by atoms with Crippen molar-refractivity contribution < 1.29 is 13.9 Å². The molecule has 6 heteroatoms. The average Bonchev–Trinajstić information content (AvgIpc) is 3.29. The topological polar surface area (TPSA) is 64.4 Å². The molecule has 5 nitrogen and oxygen atoms in total. The monoisotopic (exact) mass is 398 g/mol. The minimum absolute atomic E-state index is 0.217. The minimum atomic E-state index is -0.522. The van der Waals surface area contributed by atoms with Gasteiger partial charge in [0.25, 0.3) is 0 Å². The molecule has 1 fully saturated rings. The maximum absolute atomic E-state index is 12.0. The third kappa shape index (κ3) is 3.72. The van der Waals surface area contributed by atoms with Crippen molar-refractivity contribution >= 4 is 28.7 Å². The Morgan fingerprint density at radius 2 is 2.07 bits per heavy atom. The molecule has 1 N–H and O–H groups in total. The van der Waals surface area contributed by atoms with Gasteiger partial charge in [0.05, 0.1) is 17.0 Å². The summed E-state index contributed by atoms with van der Waals surface area (Å²) >= 11 is 6.61. The number of ether oxygens (including phenoxy) is 1. The second-order valence-electron chi connectivity index (χ2n) is 8.34. The summed E-state index contributed by atoms with van der Waals surface area (Å²) < 4.78 is 10.9. The predicted molar refractivity (Wildman–Crippen MR) is 110 cm³/mol. The van der Waals surface area contributed by atoms with Gasteiger partial charge in [-0.2, -0.15) is 0 Å². The van der Waals surface area contributed by atoms with Crippen molar-refractivity contribution in [1.82, 2.24) is 10.3 Å². The molecule has 0 saturated heterocycles. The van der Waals surface area contributed by atoms with Crippen LogP contribution in [0.5, 0.6) is 0 Å². The van der Waals surface area contributed by atoms with E-state index >= 15 is 0 Å². The quantitative estimate of drug-likeness (QED) is 0.611. The lowest BCUT2D eigenvalue weighted by Crippen LogP contribution is -2.37. The number of alkyl carbamates (subject to hydrolysis) is 1. The molecule has 0 radical (unpaired) electrons. The molecule has 2 aromatic heterocycles. The van der Waals surface area contributed by atoms with Crippen LogP contribution in [0, 0.1) is 0 Å². The normalized spacial score (nSPS) is 15.4. The molecule has 28 heavy (non-hydrogen) atoms. The van der Waals surface area contributed by atoms with E-state index in [1.807, 2.05) is 57.3 Å². The molecule has 1 saturated carbocycles. The second kappa shape index (κ2) is 6.82. The number of furan rings is 1. The highest BCUT2D eigenvalue weighted by molar-refractivity contribution is 6.31. The van der Waals surface area contributed by atoms with Gasteiger partial charge < -0.3 is 14.5 Å². The summed E-state index contributed by atoms with van der Waals surface area (Å²) in [5.41, 5.74) is 2.79. The minimum Gasteiger partial charge on any atom is -0.464 e. The first-order valence-electron chi connectivity index (χ1n) is 9.37. The van der Waals surface area contributed by atoms with E-state index in [-0.39, 0.29) is 5.41 Å². The van der Waals surface area contributed by atoms with Gasteiger partial charge in [0.1, 0.15) is 11.2 Å². The number of para-hydroxylation sites is 1. The van der Waals surface area contributed by atoms with Crippen LogP contribution in [0.3, 0.4) is 0 Å². The first-order valence-corrected chi connectivity index (χ1v) is 9.75. The number of rotatable bonds is 4. The average molecular weight is 399 g/mol. The van der Waals surface area contributed by atoms with E-state index in [1.54, 1.807) is 6.26 Å². The molecule has 1 aliphatic rings. The molecule has 1 amide bonds. The fraction of sp³-hybridized carbons (Fsp3) is 0.364. The summed E-state index contributed by atoms with van der Waals surface area (Å²) in [5.74, 6) is 0. The van der Waals surface area contributed by atoms with Crippen LogP contribution in [0.4, 0.5) is 4.79 Å². The van der Waals surface area contributed by atoms with Crippen molar-refractivity contribution in [3.05, 3.63) is 53.5 Å². The fourth-order valence-electron chi connectivity index (χ4n) is 3.38. The Balaban J connectivity index is 1.54. The van der Waals surface area contributed by atoms with Crippen molar-refractivity contribution in [1.29, 1.82) is 0 Å². The first-order chi connectivity index (χ1) is 13.3. The van der Waals surface area contributed by atoms with Gasteiger partial charge in [0.2, 0.25) is 0 Å². The van der Waals surface area contributed by atoms with E-state index in [2.05, 4.69) is 10.3 Å². The van der Waals surface area contributed by atoms with Gasteiger partial charge >= 0.3 is 6.09 Å². The molecule has 4 rings (SSSR count). The van der Waals surface area contributed by atoms with Gasteiger partial charge in [0.15, 0.2) is 0 Å². The number of pyridine rings is 1. The molecular weight excluding hydrogens is 376 g/mol. The molecule has 0 unspecified atom stereocenters. The Bertz CT molecular complexity index is 1030. The lowest BCUT2D eigenvalue weighted by atomic mass is 9.99. The van der Waals surface area contributed by atoms with Crippen molar-refractivity contribution in [2.45, 2.75) is 44.6 Å². The summed E-state index contributed by atoms with van der Waals surface area (Å²) in [6, 6.07) is 9.80. The molecule has 1 aromatic carbocycles. The second-order valence-corrected chi connectivity index (χ2v) is 8.74. The molecule has 2 heterocycles. The zero-order chi connectivity index (χ0) is 19.9. The van der Waals surface area contributed by atoms with Crippen LogP contribution in [0.25, 0.3) is 22.1 Å². The summed E-state index contributed by atoms with van der Waals surface area (Å²) in [5, 5.41) is 4.49. The lowest BCUT2D eigenvalue weighted by molar-refractivity contribution is 0.0522. The number of hydrogen-bond donors (Lipinski definition) is 1. The predicted octanol–water partition coefficient (Wildman–Crippen LogP) is 5.70. The van der Waals surface area contributed by atoms with Crippen molar-refractivity contribution in [2.75, 3.05) is 6.54 Å². The summed E-state index contributed by atoms with van der Waals surface area (Å²) in [6.07, 6.45) is 5.00. The highest BCUT2D eigenvalue weighted by atomic mass is 35.5. The third-order valence-electron chi connectivity index (χ3n) is 4.96. The van der Waals surface area contributed by atoms with E-state index in [4.69, 9.17) is 20.8 Å². The molecule has 146 valence electrons. The molecular formula is C22H23ClN2O3. The van der Waals surface area contributed by atoms with Gasteiger partial charge in [-0.05, 0) is 45.7 Å². The third-order valence-corrected chi connectivity index (χ3v) is 5.25. The Labute approximate surface area is 169 Å². The van der Waals surface area contributed by atoms with Crippen LogP contribution in [-0.4, -0.2) is 23.2 Å². The number of benzene rings is 1. The van der Waals surface area contributed by atoms with E-state index in [9.17, 15) is 4.79 Å². The largest absolute Gasteiger partial charge is 0.464 e. The SMILES string of the molecule is CC(C)(C)OC(=O)NCC1(c2ncc(-c3coc4ccccc34)cc2Cl)CC1. The van der Waals surface area contributed by atoms with Gasteiger partial charge in [-0.1, -0.05) is 29.8 Å². The van der Waals surface area contributed by atoms with Crippen LogP contribution in [0.2, 0.25) is 5.02 Å². The molecule has 3 aromatic rings. The smallest absolute Gasteiger partial charge is 0.407 e. The summed E-state index contributed by atoms with van der Waals surface area (Å²) in [6.45, 7) is 5.99. The Kier molecular flexibility index (Phi) is 4.58. The van der Waals surface area contributed by atoms with Crippen molar-refractivity contribution in [3.63, 3.8) is 0 Å². The van der Waals surface area contributed by atoms with Crippen molar-refractivity contribution in [2.24, 2.45) is 0 Å². The van der Waals surface area contributed by atoms with E-state index in [1.165, 1.54) is 0 Å². The molecule has 0 aliphatic heterocycles. The first kappa shape index (κ1) is 18.8. The van der Waals surface area contributed by atoms with E-state index in [0.717, 1.165) is 40.6 Å². The van der Waals surface area contributed by atoms with E-state index in [0.29, 0.717) is 11.6 Å². The van der Waals surface area contributed by atoms with Gasteiger partial charge in [-0.3, -0.25) is 4.98 Å². The number of carbonyl (C=O) groups excluding carboxylic acids is 1. The maximum atomic E-state index is 12.0. The number of nitrogens with zero attached hydrogens (tertiary/aromatic N) is 1. The van der Waals surface area contributed by atoms with Crippen LogP contribution in [0.1, 0.15) is 39.3 Å². The summed E-state index contributed by atoms with van der Waals surface area (Å²) in [7, 11) is 0. The Morgan fingerprint density at radius 1 is 1.32 bits per heavy atom. The van der Waals surface area contributed by atoms with Crippen LogP contribution >= 0.6 is 11.6 Å². The zero-order valence-corrected chi connectivity index (χ0v) is 17.0. The standard InChI is InChI=1S/C22H23ClN2O3/c1-21(2,3)28-20(26)25-13-22(8-9-22)19-17(23)10-14(11-24-19)16-12-27-18-7-5-4-6-15(16)18/h4-7,10-12H,8-9,13H2,1-3H3,(H,25,26). The highest BCUT2D eigenvalue weighted by Gasteiger charge is 2.47. The molecule has 1 aliphatic carbocycles. The fourth-order valence-corrected chi connectivity index (χ4v) is 3.75. The van der Waals surface area contributed by atoms with Crippen LogP contribution < -0.4 is 5.32 Å². The number of hydrogen-bond acceptors (Lipinski definition) is 4. The van der Waals surface area contributed by atoms with Crippen molar-refractivity contribution in [3.8, 4) is 11.1 Å². The van der Waals surface area contributed by atoms with Gasteiger partial charge in [0, 0.05) is 34.7 Å². The van der Waals surface area contributed by atoms with Crippen LogP contribution in [0.15, 0.2) is 47.2 Å². The zero-order valence-electron chi connectivity index (χ0n) is 16.2. The highest BCUT2D eigenvalue weighted by Crippen LogP contribution is 2.49. The van der Waals surface area contributed by atoms with Gasteiger partial charge in [-0.15, -0.1) is 0 Å². The number of halogens is 1. The lowest BCUT2D eigenvalue weighted by Gasteiger charge is -2.22. The van der Waals surface area contributed by atoms with E-state index < -0.39 is 11.7 Å². The molecule has 0 spiro atoms. The number of carbonyl (C=O) groups is 1. The molecule has 0 atom stereocenters. The Morgan fingerprint density at radius 3 is 2.75 bits per heavy atom. The van der Waals surface area contributed by atoms with Gasteiger partial charge in [-0.25, -0.2) is 4.79 Å². The molecule has 0 bridgehead atoms. The van der Waals surface area contributed by atoms with Crippen LogP contribution in [-0.2, 0) is 10.2 Å². The maximum Gasteiger partial charge on any atom is 0.407 e. The number of amides is 1.